The Morgan fingerprint density at radius 3 is 2.41 bits per heavy atom. The van der Waals surface area contributed by atoms with Crippen LogP contribution in [0.1, 0.15) is 44.9 Å². The molecule has 0 aromatic heterocycles. The summed E-state index contributed by atoms with van der Waals surface area (Å²) in [5, 5.41) is 0.277. The number of thioether (sulfide) groups is 1. The standard InChI is InChI=1S/C13H20BrNOS/c14-9-7-10-4-5-11(8-9)15(10)13(16)12-3-1-2-6-17-12/h9-12H,1-8H2. The lowest BCUT2D eigenvalue weighted by Crippen LogP contribution is -2.50. The third-order valence-corrected chi connectivity index (χ3v) is 6.50. The van der Waals surface area contributed by atoms with Crippen molar-refractivity contribution in [1.82, 2.24) is 4.90 Å². The van der Waals surface area contributed by atoms with Crippen LogP contribution < -0.4 is 0 Å². The molecule has 4 heteroatoms. The van der Waals surface area contributed by atoms with E-state index in [1.54, 1.807) is 0 Å². The van der Waals surface area contributed by atoms with E-state index < -0.39 is 0 Å². The molecule has 3 fully saturated rings. The number of carbonyl (C=O) groups is 1. The maximum Gasteiger partial charge on any atom is 0.236 e. The highest BCUT2D eigenvalue weighted by atomic mass is 79.9. The molecule has 3 rings (SSSR count). The summed E-state index contributed by atoms with van der Waals surface area (Å²) in [5.41, 5.74) is 0. The molecule has 96 valence electrons. The number of carbonyl (C=O) groups excluding carboxylic acids is 1. The van der Waals surface area contributed by atoms with Gasteiger partial charge in [-0.2, -0.15) is 0 Å². The van der Waals surface area contributed by atoms with Crippen LogP contribution in [-0.2, 0) is 4.79 Å². The van der Waals surface area contributed by atoms with Crippen molar-refractivity contribution in [3.05, 3.63) is 0 Å². The predicted octanol–water partition coefficient (Wildman–Crippen LogP) is 3.19. The number of rotatable bonds is 1. The summed E-state index contributed by atoms with van der Waals surface area (Å²) < 4.78 is 0. The monoisotopic (exact) mass is 317 g/mol. The maximum absolute atomic E-state index is 12.6. The highest BCUT2D eigenvalue weighted by Gasteiger charge is 2.44. The second-order valence-corrected chi connectivity index (χ2v) is 8.16. The van der Waals surface area contributed by atoms with Crippen LogP contribution in [0.15, 0.2) is 0 Å². The van der Waals surface area contributed by atoms with Crippen molar-refractivity contribution in [2.45, 2.75) is 67.1 Å². The lowest BCUT2D eigenvalue weighted by molar-refractivity contribution is -0.134. The minimum atomic E-state index is 0.277. The van der Waals surface area contributed by atoms with E-state index in [-0.39, 0.29) is 5.25 Å². The summed E-state index contributed by atoms with van der Waals surface area (Å²) in [4.78, 5) is 15.5. The summed E-state index contributed by atoms with van der Waals surface area (Å²) in [6.45, 7) is 0. The fourth-order valence-electron chi connectivity index (χ4n) is 3.57. The van der Waals surface area contributed by atoms with Gasteiger partial charge in [-0.05, 0) is 44.3 Å². The first kappa shape index (κ1) is 12.3. The zero-order valence-electron chi connectivity index (χ0n) is 10.1. The van der Waals surface area contributed by atoms with Crippen LogP contribution in [-0.4, -0.2) is 38.7 Å². The second kappa shape index (κ2) is 5.12. The van der Waals surface area contributed by atoms with Gasteiger partial charge in [0.15, 0.2) is 0 Å². The van der Waals surface area contributed by atoms with Gasteiger partial charge in [0.1, 0.15) is 0 Å². The van der Waals surface area contributed by atoms with Crippen LogP contribution in [0.2, 0.25) is 0 Å². The molecule has 0 aromatic rings. The third-order valence-electron chi connectivity index (χ3n) is 4.39. The average Bonchev–Trinajstić information content (AvgIpc) is 2.62. The zero-order valence-corrected chi connectivity index (χ0v) is 12.5. The molecule has 0 radical (unpaired) electrons. The van der Waals surface area contributed by atoms with E-state index in [9.17, 15) is 4.79 Å². The Balaban J connectivity index is 1.69. The van der Waals surface area contributed by atoms with Crippen molar-refractivity contribution < 1.29 is 4.79 Å². The Hall–Kier alpha value is 0.300. The van der Waals surface area contributed by atoms with Gasteiger partial charge in [0.2, 0.25) is 5.91 Å². The molecule has 3 atom stereocenters. The molecule has 1 amide bonds. The van der Waals surface area contributed by atoms with Gasteiger partial charge in [0.25, 0.3) is 0 Å². The Bertz CT molecular complexity index is 292. The minimum Gasteiger partial charge on any atom is -0.336 e. The summed E-state index contributed by atoms with van der Waals surface area (Å²) in [6, 6.07) is 1.07. The van der Waals surface area contributed by atoms with E-state index in [0.717, 1.165) is 6.42 Å². The minimum absolute atomic E-state index is 0.277. The molecule has 3 heterocycles. The Labute approximate surface area is 116 Å². The van der Waals surface area contributed by atoms with E-state index in [1.165, 1.54) is 44.3 Å². The molecular weight excluding hydrogens is 298 g/mol. The number of halogens is 1. The number of hydrogen-bond donors (Lipinski definition) is 0. The van der Waals surface area contributed by atoms with Crippen LogP contribution in [0.3, 0.4) is 0 Å². The molecule has 3 saturated heterocycles. The van der Waals surface area contributed by atoms with Gasteiger partial charge in [-0.25, -0.2) is 0 Å². The molecule has 0 saturated carbocycles. The van der Waals surface area contributed by atoms with Crippen molar-refractivity contribution in [1.29, 1.82) is 0 Å². The topological polar surface area (TPSA) is 20.3 Å². The van der Waals surface area contributed by atoms with Crippen LogP contribution in [0.4, 0.5) is 0 Å². The summed E-state index contributed by atoms with van der Waals surface area (Å²) in [5.74, 6) is 1.64. The maximum atomic E-state index is 12.6. The van der Waals surface area contributed by atoms with Crippen molar-refractivity contribution in [2.24, 2.45) is 0 Å². The van der Waals surface area contributed by atoms with Crippen molar-refractivity contribution in [3.63, 3.8) is 0 Å². The number of hydrogen-bond acceptors (Lipinski definition) is 2. The van der Waals surface area contributed by atoms with E-state index in [0.29, 0.717) is 22.8 Å². The predicted molar refractivity (Wildman–Crippen MR) is 75.7 cm³/mol. The van der Waals surface area contributed by atoms with Crippen LogP contribution in [0.5, 0.6) is 0 Å². The molecule has 2 bridgehead atoms. The number of nitrogens with zero attached hydrogens (tertiary/aromatic N) is 1. The summed E-state index contributed by atoms with van der Waals surface area (Å²) in [6.07, 6.45) is 8.45. The molecule has 0 spiro atoms. The fourth-order valence-corrected chi connectivity index (χ4v) is 5.69. The molecule has 0 aromatic carbocycles. The smallest absolute Gasteiger partial charge is 0.236 e. The van der Waals surface area contributed by atoms with Crippen LogP contribution >= 0.6 is 27.7 Å². The SMILES string of the molecule is O=C(C1CCCCS1)N1C2CCC1CC(Br)C2. The molecule has 17 heavy (non-hydrogen) atoms. The average molecular weight is 318 g/mol. The third kappa shape index (κ3) is 2.40. The largest absolute Gasteiger partial charge is 0.336 e. The number of piperidine rings is 1. The molecule has 3 aliphatic heterocycles. The summed E-state index contributed by atoms with van der Waals surface area (Å²) >= 11 is 5.63. The first-order valence-electron chi connectivity index (χ1n) is 6.83. The molecule has 3 aliphatic rings. The van der Waals surface area contributed by atoms with Gasteiger partial charge in [-0.3, -0.25) is 4.79 Å². The van der Waals surface area contributed by atoms with Crippen LogP contribution in [0.25, 0.3) is 0 Å². The molecule has 2 nitrogen and oxygen atoms in total. The molecule has 0 aliphatic carbocycles. The van der Waals surface area contributed by atoms with Crippen LogP contribution in [0, 0.1) is 0 Å². The Morgan fingerprint density at radius 2 is 1.82 bits per heavy atom. The van der Waals surface area contributed by atoms with Gasteiger partial charge in [0, 0.05) is 16.9 Å². The molecular formula is C13H20BrNOS. The number of amides is 1. The first-order chi connectivity index (χ1) is 8.25. The first-order valence-corrected chi connectivity index (χ1v) is 8.80. The second-order valence-electron chi connectivity index (χ2n) is 5.55. The highest BCUT2D eigenvalue weighted by Crippen LogP contribution is 2.40. The zero-order chi connectivity index (χ0) is 11.8. The van der Waals surface area contributed by atoms with Gasteiger partial charge in [-0.15, -0.1) is 11.8 Å². The van der Waals surface area contributed by atoms with E-state index >= 15 is 0 Å². The number of alkyl halides is 1. The fraction of sp³-hybridized carbons (Fsp3) is 0.923. The molecule has 0 N–H and O–H groups in total. The van der Waals surface area contributed by atoms with Crippen molar-refractivity contribution >= 4 is 33.6 Å². The van der Waals surface area contributed by atoms with Gasteiger partial charge < -0.3 is 4.90 Å². The van der Waals surface area contributed by atoms with E-state index in [2.05, 4.69) is 20.8 Å². The number of fused-ring (bicyclic) bond motifs is 2. The van der Waals surface area contributed by atoms with Gasteiger partial charge in [0.05, 0.1) is 5.25 Å². The lowest BCUT2D eigenvalue weighted by atomic mass is 10.0. The van der Waals surface area contributed by atoms with Crippen molar-refractivity contribution in [3.8, 4) is 0 Å². The summed E-state index contributed by atoms with van der Waals surface area (Å²) in [7, 11) is 0. The normalized spacial score (nSPS) is 41.6. The van der Waals surface area contributed by atoms with Gasteiger partial charge >= 0.3 is 0 Å². The highest BCUT2D eigenvalue weighted by molar-refractivity contribution is 9.09. The van der Waals surface area contributed by atoms with E-state index in [4.69, 9.17) is 0 Å². The quantitative estimate of drug-likeness (QED) is 0.692. The lowest BCUT2D eigenvalue weighted by Gasteiger charge is -2.39. The van der Waals surface area contributed by atoms with Crippen molar-refractivity contribution in [2.75, 3.05) is 5.75 Å². The Kier molecular flexibility index (Phi) is 3.72. The Morgan fingerprint density at radius 1 is 1.12 bits per heavy atom. The molecule has 3 unspecified atom stereocenters. The van der Waals surface area contributed by atoms with Gasteiger partial charge in [-0.1, -0.05) is 22.4 Å². The van der Waals surface area contributed by atoms with E-state index in [1.807, 2.05) is 11.8 Å².